The van der Waals surface area contributed by atoms with Crippen molar-refractivity contribution in [3.63, 3.8) is 0 Å². The van der Waals surface area contributed by atoms with Gasteiger partial charge in [0.2, 0.25) is 5.91 Å². The van der Waals surface area contributed by atoms with Gasteiger partial charge in [-0.3, -0.25) is 9.59 Å². The number of rotatable bonds is 8. The third kappa shape index (κ3) is 10.9. The van der Waals surface area contributed by atoms with Crippen LogP contribution in [0.3, 0.4) is 0 Å². The Kier molecular flexibility index (Phi) is 9.16. The first kappa shape index (κ1) is 20.2. The summed E-state index contributed by atoms with van der Waals surface area (Å²) in [5.41, 5.74) is 5.17. The molecule has 128 valence electrons. The molecule has 0 unspecified atom stereocenters. The molecule has 1 atom stereocenters. The zero-order valence-corrected chi connectivity index (χ0v) is 13.7. The summed E-state index contributed by atoms with van der Waals surface area (Å²) >= 11 is 0. The van der Waals surface area contributed by atoms with Crippen molar-refractivity contribution in [2.75, 3.05) is 20.2 Å². The van der Waals surface area contributed by atoms with Gasteiger partial charge in [-0.15, -0.1) is 0 Å². The number of carbonyl (C=O) groups excluding carboxylic acids is 3. The number of esters is 1. The van der Waals surface area contributed by atoms with E-state index in [4.69, 9.17) is 10.5 Å². The van der Waals surface area contributed by atoms with Gasteiger partial charge < -0.3 is 25.8 Å². The fourth-order valence-corrected chi connectivity index (χ4v) is 1.49. The fourth-order valence-electron chi connectivity index (χ4n) is 1.49. The second kappa shape index (κ2) is 9.99. The number of carbonyl (C=O) groups is 3. The Balaban J connectivity index is 3.72. The Morgan fingerprint density at radius 1 is 1.14 bits per heavy atom. The highest BCUT2D eigenvalue weighted by Crippen LogP contribution is 2.06. The maximum absolute atomic E-state index is 11.6. The van der Waals surface area contributed by atoms with Crippen LogP contribution < -0.4 is 16.4 Å². The minimum absolute atomic E-state index is 0.191. The number of alkyl carbamates (subject to hydrolysis) is 1. The first-order valence-corrected chi connectivity index (χ1v) is 7.22. The molecule has 0 aliphatic rings. The molecule has 0 heterocycles. The number of ether oxygens (including phenoxy) is 2. The summed E-state index contributed by atoms with van der Waals surface area (Å²) in [7, 11) is 1.24. The molecular weight excluding hydrogens is 290 g/mol. The van der Waals surface area contributed by atoms with Crippen molar-refractivity contribution in [2.24, 2.45) is 5.73 Å². The highest BCUT2D eigenvalue weighted by molar-refractivity contribution is 5.85. The largest absolute Gasteiger partial charge is 0.468 e. The molecule has 0 spiro atoms. The molecule has 0 rings (SSSR count). The van der Waals surface area contributed by atoms with Gasteiger partial charge in [0.05, 0.1) is 13.2 Å². The van der Waals surface area contributed by atoms with Gasteiger partial charge >= 0.3 is 12.1 Å². The second-order valence-corrected chi connectivity index (χ2v) is 5.82. The van der Waals surface area contributed by atoms with E-state index in [0.29, 0.717) is 25.8 Å². The molecule has 0 aromatic rings. The van der Waals surface area contributed by atoms with Gasteiger partial charge in [0, 0.05) is 6.54 Å². The number of hydrogen-bond acceptors (Lipinski definition) is 6. The Morgan fingerprint density at radius 3 is 2.32 bits per heavy atom. The predicted octanol–water partition coefficient (Wildman–Crippen LogP) is 0.298. The summed E-state index contributed by atoms with van der Waals surface area (Å²) in [5, 5.41) is 5.02. The lowest BCUT2D eigenvalue weighted by Crippen LogP contribution is -2.42. The average molecular weight is 317 g/mol. The van der Waals surface area contributed by atoms with Crippen molar-refractivity contribution >= 4 is 18.0 Å². The maximum Gasteiger partial charge on any atom is 0.407 e. The van der Waals surface area contributed by atoms with Crippen molar-refractivity contribution in [3.05, 3.63) is 0 Å². The van der Waals surface area contributed by atoms with Crippen LogP contribution in [0.15, 0.2) is 0 Å². The molecule has 4 N–H and O–H groups in total. The van der Waals surface area contributed by atoms with Gasteiger partial charge in [0.15, 0.2) is 0 Å². The number of unbranched alkanes of at least 4 members (excludes halogenated alkanes) is 1. The summed E-state index contributed by atoms with van der Waals surface area (Å²) in [6, 6.07) is -0.689. The van der Waals surface area contributed by atoms with E-state index in [1.807, 2.05) is 0 Å². The first-order chi connectivity index (χ1) is 10.2. The molecule has 0 aromatic carbocycles. The zero-order valence-electron chi connectivity index (χ0n) is 13.7. The topological polar surface area (TPSA) is 120 Å². The van der Waals surface area contributed by atoms with Gasteiger partial charge in [-0.1, -0.05) is 0 Å². The molecule has 2 amide bonds. The van der Waals surface area contributed by atoms with E-state index in [-0.39, 0.29) is 6.54 Å². The standard InChI is InChI=1S/C14H27N3O5/c1-14(2,3)22-13(20)16-8-6-5-7-10(15)12(19)17-9-11(18)21-4/h10H,5-9,15H2,1-4H3,(H,16,20)(H,17,19)/t10-/m0/s1. The third-order valence-corrected chi connectivity index (χ3v) is 2.58. The van der Waals surface area contributed by atoms with Gasteiger partial charge in [-0.25, -0.2) is 4.79 Å². The molecule has 8 nitrogen and oxygen atoms in total. The lowest BCUT2D eigenvalue weighted by molar-refractivity contribution is -0.141. The molecular formula is C14H27N3O5. The predicted molar refractivity (Wildman–Crippen MR) is 81.1 cm³/mol. The van der Waals surface area contributed by atoms with Crippen LogP contribution in [-0.2, 0) is 19.1 Å². The molecule has 22 heavy (non-hydrogen) atoms. The lowest BCUT2D eigenvalue weighted by Gasteiger charge is -2.19. The Morgan fingerprint density at radius 2 is 1.77 bits per heavy atom. The minimum Gasteiger partial charge on any atom is -0.468 e. The normalized spacial score (nSPS) is 12.2. The monoisotopic (exact) mass is 317 g/mol. The fraction of sp³-hybridized carbons (Fsp3) is 0.786. The summed E-state index contributed by atoms with van der Waals surface area (Å²) in [6.07, 6.45) is 1.34. The lowest BCUT2D eigenvalue weighted by atomic mass is 10.1. The first-order valence-electron chi connectivity index (χ1n) is 7.22. The van der Waals surface area contributed by atoms with Crippen molar-refractivity contribution in [2.45, 2.75) is 51.7 Å². The van der Waals surface area contributed by atoms with Crippen LogP contribution in [0, 0.1) is 0 Å². The van der Waals surface area contributed by atoms with E-state index in [1.165, 1.54) is 7.11 Å². The molecule has 8 heteroatoms. The van der Waals surface area contributed by atoms with Crippen LogP contribution in [0.25, 0.3) is 0 Å². The second-order valence-electron chi connectivity index (χ2n) is 5.82. The number of nitrogens with one attached hydrogen (secondary N) is 2. The van der Waals surface area contributed by atoms with Gasteiger partial charge in [-0.2, -0.15) is 0 Å². The van der Waals surface area contributed by atoms with Crippen LogP contribution in [0.1, 0.15) is 40.0 Å². The smallest absolute Gasteiger partial charge is 0.407 e. The van der Waals surface area contributed by atoms with Gasteiger partial charge in [-0.05, 0) is 40.0 Å². The van der Waals surface area contributed by atoms with E-state index >= 15 is 0 Å². The van der Waals surface area contributed by atoms with Gasteiger partial charge in [0.25, 0.3) is 0 Å². The maximum atomic E-state index is 11.6. The molecule has 0 saturated carbocycles. The van der Waals surface area contributed by atoms with E-state index in [1.54, 1.807) is 20.8 Å². The van der Waals surface area contributed by atoms with E-state index < -0.39 is 29.6 Å². The summed E-state index contributed by atoms with van der Waals surface area (Å²) in [6.45, 7) is 5.63. The van der Waals surface area contributed by atoms with Crippen molar-refractivity contribution < 1.29 is 23.9 Å². The number of methoxy groups -OCH3 is 1. The number of hydrogen-bond donors (Lipinski definition) is 3. The Labute approximate surface area is 131 Å². The summed E-state index contributed by atoms with van der Waals surface area (Å²) in [4.78, 5) is 33.8. The SMILES string of the molecule is COC(=O)CNC(=O)[C@@H](N)CCCCNC(=O)OC(C)(C)C. The zero-order chi connectivity index (χ0) is 17.2. The highest BCUT2D eigenvalue weighted by atomic mass is 16.6. The molecule has 0 aliphatic carbocycles. The molecule has 0 saturated heterocycles. The van der Waals surface area contributed by atoms with Crippen LogP contribution in [0.2, 0.25) is 0 Å². The van der Waals surface area contributed by atoms with Crippen LogP contribution in [0.5, 0.6) is 0 Å². The van der Waals surface area contributed by atoms with E-state index in [0.717, 1.165) is 0 Å². The number of nitrogens with two attached hydrogens (primary N) is 1. The quantitative estimate of drug-likeness (QED) is 0.437. The van der Waals surface area contributed by atoms with E-state index in [2.05, 4.69) is 15.4 Å². The van der Waals surface area contributed by atoms with Crippen LogP contribution in [-0.4, -0.2) is 49.8 Å². The highest BCUT2D eigenvalue weighted by Gasteiger charge is 2.16. The molecule has 0 radical (unpaired) electrons. The summed E-state index contributed by atoms with van der Waals surface area (Å²) < 4.78 is 9.49. The van der Waals surface area contributed by atoms with Gasteiger partial charge in [0.1, 0.15) is 12.1 Å². The number of amides is 2. The Bertz CT molecular complexity index is 379. The molecule has 0 fully saturated rings. The average Bonchev–Trinajstić information content (AvgIpc) is 2.41. The van der Waals surface area contributed by atoms with Crippen molar-refractivity contribution in [3.8, 4) is 0 Å². The minimum atomic E-state index is -0.689. The van der Waals surface area contributed by atoms with Crippen LogP contribution in [0.4, 0.5) is 4.79 Å². The third-order valence-electron chi connectivity index (χ3n) is 2.58. The van der Waals surface area contributed by atoms with Crippen molar-refractivity contribution in [1.82, 2.24) is 10.6 Å². The van der Waals surface area contributed by atoms with Crippen molar-refractivity contribution in [1.29, 1.82) is 0 Å². The van der Waals surface area contributed by atoms with Crippen LogP contribution >= 0.6 is 0 Å². The molecule has 0 bridgehead atoms. The van der Waals surface area contributed by atoms with E-state index in [9.17, 15) is 14.4 Å². The molecule has 0 aromatic heterocycles. The summed E-state index contributed by atoms with van der Waals surface area (Å²) in [5.74, 6) is -0.924. The molecule has 0 aliphatic heterocycles. The Hall–Kier alpha value is -1.83.